The van der Waals surface area contributed by atoms with Gasteiger partial charge in [0.25, 0.3) is 5.91 Å². The van der Waals surface area contributed by atoms with Crippen LogP contribution in [0.1, 0.15) is 41.4 Å². The minimum atomic E-state index is -2.46. The molecule has 2 aliphatic rings. The molecule has 0 bridgehead atoms. The zero-order valence-corrected chi connectivity index (χ0v) is 26.2. The smallest absolute Gasteiger partial charge is 0.251 e. The highest BCUT2D eigenvalue weighted by molar-refractivity contribution is 9.10. The Hall–Kier alpha value is -3.94. The lowest BCUT2D eigenvalue weighted by molar-refractivity contribution is -0.123. The fourth-order valence-corrected chi connectivity index (χ4v) is 5.99. The van der Waals surface area contributed by atoms with E-state index in [2.05, 4.69) is 31.2 Å². The number of nitrogens with two attached hydrogens (primary N) is 1. The average molecular weight is 706 g/mol. The van der Waals surface area contributed by atoms with Crippen LogP contribution in [0, 0.1) is 11.6 Å². The highest BCUT2D eigenvalue weighted by Crippen LogP contribution is 2.55. The van der Waals surface area contributed by atoms with Crippen molar-refractivity contribution in [3.8, 4) is 22.8 Å². The van der Waals surface area contributed by atoms with Gasteiger partial charge >= 0.3 is 0 Å². The molecule has 0 spiro atoms. The molecule has 1 fully saturated rings. The summed E-state index contributed by atoms with van der Waals surface area (Å²) >= 11 is 9.31. The van der Waals surface area contributed by atoms with Crippen LogP contribution in [0.3, 0.4) is 0 Å². The molecule has 0 radical (unpaired) electrons. The Morgan fingerprint density at radius 1 is 1.20 bits per heavy atom. The summed E-state index contributed by atoms with van der Waals surface area (Å²) in [5.41, 5.74) is -0.580. The van der Waals surface area contributed by atoms with Crippen LogP contribution < -0.4 is 20.5 Å². The number of halogens is 5. The number of ether oxygens (including phenoxy) is 2. The molecular formula is C31H25BrClF3N4O5. The Labute approximate surface area is 268 Å². The Bertz CT molecular complexity index is 1930. The zero-order valence-electron chi connectivity index (χ0n) is 23.8. The van der Waals surface area contributed by atoms with E-state index in [1.807, 2.05) is 0 Å². The van der Waals surface area contributed by atoms with Gasteiger partial charge in [-0.2, -0.15) is 0 Å². The molecule has 1 aliphatic carbocycles. The standard InChI is InChI=1S/C31H25BrClF3N4O5/c1-29(28(37)42)13-45-26-18(29)9-23(40-25(26)17-8-19(33)21(35)10-20(17)34)31(43,30(36)3-4-30)12-39-27(41)15-5-14-6-16(32)11-38-24(14)22(7-15)44-2/h5-11,43H,3-4,12-13H2,1-2H3,(H2,37,42)(H,39,41)/t29-,31-/m0/s1. The maximum absolute atomic E-state index is 16.1. The third-order valence-electron chi connectivity index (χ3n) is 8.44. The number of alkyl halides is 1. The molecule has 45 heavy (non-hydrogen) atoms. The minimum Gasteiger partial charge on any atom is -0.494 e. The van der Waals surface area contributed by atoms with Crippen LogP contribution in [0.15, 0.2) is 47.1 Å². The average Bonchev–Trinajstić information content (AvgIpc) is 3.68. The first-order valence-corrected chi connectivity index (χ1v) is 14.8. The van der Waals surface area contributed by atoms with Crippen LogP contribution in [-0.4, -0.2) is 52.8 Å². The molecule has 4 aromatic rings. The summed E-state index contributed by atoms with van der Waals surface area (Å²) in [5, 5.41) is 14.8. The van der Waals surface area contributed by atoms with E-state index in [9.17, 15) is 19.1 Å². The Morgan fingerprint density at radius 2 is 1.93 bits per heavy atom. The highest BCUT2D eigenvalue weighted by atomic mass is 79.9. The van der Waals surface area contributed by atoms with Crippen molar-refractivity contribution in [3.05, 3.63) is 80.5 Å². The van der Waals surface area contributed by atoms with Crippen molar-refractivity contribution < 1.29 is 37.3 Å². The third-order valence-corrected chi connectivity index (χ3v) is 9.16. The fraction of sp³-hybridized carbons (Fsp3) is 0.290. The monoisotopic (exact) mass is 704 g/mol. The molecular weight excluding hydrogens is 681 g/mol. The van der Waals surface area contributed by atoms with E-state index in [1.54, 1.807) is 18.3 Å². The van der Waals surface area contributed by atoms with E-state index in [0.29, 0.717) is 27.2 Å². The molecule has 234 valence electrons. The largest absolute Gasteiger partial charge is 0.494 e. The molecule has 2 aromatic heterocycles. The summed E-state index contributed by atoms with van der Waals surface area (Å²) in [7, 11) is 1.43. The number of aromatic nitrogens is 2. The maximum Gasteiger partial charge on any atom is 0.251 e. The van der Waals surface area contributed by atoms with Crippen LogP contribution in [0.2, 0.25) is 5.02 Å². The van der Waals surface area contributed by atoms with E-state index >= 15 is 8.78 Å². The van der Waals surface area contributed by atoms with Crippen LogP contribution in [0.25, 0.3) is 22.2 Å². The van der Waals surface area contributed by atoms with Crippen molar-refractivity contribution in [1.82, 2.24) is 15.3 Å². The fourth-order valence-electron chi connectivity index (χ4n) is 5.47. The molecule has 2 amide bonds. The normalized spacial score (nSPS) is 19.4. The molecule has 1 aliphatic heterocycles. The number of primary amides is 1. The summed E-state index contributed by atoms with van der Waals surface area (Å²) in [6.07, 6.45) is 1.44. The lowest BCUT2D eigenvalue weighted by Crippen LogP contribution is -2.49. The van der Waals surface area contributed by atoms with Gasteiger partial charge in [0.05, 0.1) is 24.4 Å². The van der Waals surface area contributed by atoms with E-state index < -0.39 is 51.7 Å². The molecule has 14 heteroatoms. The summed E-state index contributed by atoms with van der Waals surface area (Å²) in [6.45, 7) is 0.564. The van der Waals surface area contributed by atoms with Gasteiger partial charge in [0, 0.05) is 38.8 Å². The van der Waals surface area contributed by atoms with Gasteiger partial charge in [0.1, 0.15) is 52.0 Å². The quantitative estimate of drug-likeness (QED) is 0.213. The lowest BCUT2D eigenvalue weighted by Gasteiger charge is -2.33. The second-order valence-corrected chi connectivity index (χ2v) is 12.7. The number of methoxy groups -OCH3 is 1. The molecule has 1 saturated carbocycles. The van der Waals surface area contributed by atoms with Gasteiger partial charge < -0.3 is 25.6 Å². The number of nitrogens with zero attached hydrogens (tertiary/aromatic N) is 2. The van der Waals surface area contributed by atoms with Crippen molar-refractivity contribution in [2.75, 3.05) is 20.3 Å². The van der Waals surface area contributed by atoms with Crippen LogP contribution in [0.4, 0.5) is 13.2 Å². The van der Waals surface area contributed by atoms with Gasteiger partial charge in [0.15, 0.2) is 5.60 Å². The Balaban J connectivity index is 1.45. The molecule has 0 unspecified atom stereocenters. The first-order valence-electron chi connectivity index (χ1n) is 13.7. The summed E-state index contributed by atoms with van der Waals surface area (Å²) in [4.78, 5) is 34.7. The molecule has 2 aromatic carbocycles. The van der Waals surface area contributed by atoms with Gasteiger partial charge in [-0.15, -0.1) is 0 Å². The Kier molecular flexibility index (Phi) is 7.49. The van der Waals surface area contributed by atoms with Gasteiger partial charge in [0.2, 0.25) is 5.91 Å². The Morgan fingerprint density at radius 3 is 2.60 bits per heavy atom. The minimum absolute atomic E-state index is 0.0558. The first-order chi connectivity index (χ1) is 21.2. The van der Waals surface area contributed by atoms with Crippen LogP contribution >= 0.6 is 27.5 Å². The second kappa shape index (κ2) is 10.8. The molecule has 0 saturated heterocycles. The van der Waals surface area contributed by atoms with Crippen LogP contribution in [-0.2, 0) is 15.8 Å². The number of pyridine rings is 2. The number of fused-ring (bicyclic) bond motifs is 2. The number of nitrogens with one attached hydrogen (secondary N) is 1. The van der Waals surface area contributed by atoms with E-state index in [-0.39, 0.29) is 53.3 Å². The number of carbonyl (C=O) groups is 2. The number of carbonyl (C=O) groups excluding carboxylic acids is 2. The number of hydrogen-bond donors (Lipinski definition) is 3. The van der Waals surface area contributed by atoms with Gasteiger partial charge in [-0.1, -0.05) is 11.6 Å². The highest BCUT2D eigenvalue weighted by Gasteiger charge is 2.62. The van der Waals surface area contributed by atoms with E-state index in [4.69, 9.17) is 26.8 Å². The number of amides is 2. The number of hydrogen-bond acceptors (Lipinski definition) is 7. The van der Waals surface area contributed by atoms with Crippen LogP contribution in [0.5, 0.6) is 11.5 Å². The predicted molar refractivity (Wildman–Crippen MR) is 162 cm³/mol. The van der Waals surface area contributed by atoms with Crippen molar-refractivity contribution in [2.45, 2.75) is 36.5 Å². The first kappa shape index (κ1) is 31.1. The predicted octanol–water partition coefficient (Wildman–Crippen LogP) is 5.25. The molecule has 6 rings (SSSR count). The lowest BCUT2D eigenvalue weighted by atomic mass is 9.80. The topological polar surface area (TPSA) is 137 Å². The summed E-state index contributed by atoms with van der Waals surface area (Å²) in [6, 6.07) is 7.57. The molecule has 2 atom stereocenters. The maximum atomic E-state index is 16.1. The molecule has 4 N–H and O–H groups in total. The second-order valence-electron chi connectivity index (χ2n) is 11.4. The number of aliphatic hydroxyl groups is 1. The molecule has 9 nitrogen and oxygen atoms in total. The van der Waals surface area contributed by atoms with Crippen molar-refractivity contribution >= 4 is 50.2 Å². The number of rotatable bonds is 8. The number of benzene rings is 2. The van der Waals surface area contributed by atoms with E-state index in [0.717, 1.165) is 6.07 Å². The van der Waals surface area contributed by atoms with Gasteiger partial charge in [-0.25, -0.2) is 18.2 Å². The van der Waals surface area contributed by atoms with E-state index in [1.165, 1.54) is 26.2 Å². The van der Waals surface area contributed by atoms with Gasteiger partial charge in [-0.3, -0.25) is 14.6 Å². The van der Waals surface area contributed by atoms with Crippen molar-refractivity contribution in [1.29, 1.82) is 0 Å². The zero-order chi connectivity index (χ0) is 32.5. The molecule has 3 heterocycles. The summed E-state index contributed by atoms with van der Waals surface area (Å²) in [5.74, 6) is -3.29. The third kappa shape index (κ3) is 5.06. The van der Waals surface area contributed by atoms with Crippen molar-refractivity contribution in [2.24, 2.45) is 5.73 Å². The van der Waals surface area contributed by atoms with Gasteiger partial charge in [-0.05, 0) is 66.0 Å². The van der Waals surface area contributed by atoms with Crippen molar-refractivity contribution in [3.63, 3.8) is 0 Å². The SMILES string of the molecule is COc1cc(C(=O)NC[C@](O)(c2cc3c(c(-c4cc(Cl)c(F)cc4F)n2)OC[C@]3(C)C(N)=O)C2(F)CC2)cc2cc(Br)cnc12. The summed E-state index contributed by atoms with van der Waals surface area (Å²) < 4.78 is 57.2.